The Hall–Kier alpha value is -3.63. The number of aromatic hydroxyl groups is 1. The minimum absolute atomic E-state index is 0.0322. The second-order valence-electron chi connectivity index (χ2n) is 6.03. The van der Waals surface area contributed by atoms with Crippen molar-refractivity contribution in [3.05, 3.63) is 29.8 Å². The Balaban J connectivity index is 2.82. The molecule has 11 nitrogen and oxygen atoms in total. The van der Waals surface area contributed by atoms with E-state index in [1.807, 2.05) is 0 Å². The summed E-state index contributed by atoms with van der Waals surface area (Å²) in [6, 6.07) is 3.45. The smallest absolute Gasteiger partial charge is 0.243 e. The molecular formula is C17H23N5O6. The maximum Gasteiger partial charge on any atom is 0.243 e. The average Bonchev–Trinajstić information content (AvgIpc) is 2.60. The Bertz CT molecular complexity index is 749. The lowest BCUT2D eigenvalue weighted by Crippen LogP contribution is -2.55. The van der Waals surface area contributed by atoms with Crippen molar-refractivity contribution in [2.45, 2.75) is 31.8 Å². The summed E-state index contributed by atoms with van der Waals surface area (Å²) in [6.45, 7) is 0.812. The number of hydrogen-bond acceptors (Lipinski definition) is 6. The molecule has 0 aromatic heterocycles. The molecule has 0 saturated heterocycles. The third-order valence-corrected chi connectivity index (χ3v) is 3.59. The van der Waals surface area contributed by atoms with Crippen molar-refractivity contribution in [1.82, 2.24) is 16.0 Å². The molecule has 0 spiro atoms. The summed E-state index contributed by atoms with van der Waals surface area (Å²) < 4.78 is 0. The molecule has 0 unspecified atom stereocenters. The molecule has 0 saturated carbocycles. The number of rotatable bonds is 10. The molecule has 0 aliphatic carbocycles. The molecule has 1 rings (SSSR count). The lowest BCUT2D eigenvalue weighted by molar-refractivity contribution is -0.133. The number of nitrogens with two attached hydrogens (primary N) is 2. The van der Waals surface area contributed by atoms with Gasteiger partial charge in [0.15, 0.2) is 0 Å². The van der Waals surface area contributed by atoms with Crippen molar-refractivity contribution in [3.63, 3.8) is 0 Å². The molecule has 0 bridgehead atoms. The highest BCUT2D eigenvalue weighted by atomic mass is 16.3. The van der Waals surface area contributed by atoms with Crippen LogP contribution in [0.1, 0.15) is 18.9 Å². The minimum atomic E-state index is -1.35. The second-order valence-corrected chi connectivity index (χ2v) is 6.03. The Kier molecular flexibility index (Phi) is 8.41. The van der Waals surface area contributed by atoms with Crippen LogP contribution < -0.4 is 27.4 Å². The zero-order valence-corrected chi connectivity index (χ0v) is 15.2. The summed E-state index contributed by atoms with van der Waals surface area (Å²) in [5, 5.41) is 16.2. The van der Waals surface area contributed by atoms with Crippen molar-refractivity contribution in [3.8, 4) is 5.75 Å². The van der Waals surface area contributed by atoms with E-state index in [0.717, 1.165) is 0 Å². The highest BCUT2D eigenvalue weighted by Gasteiger charge is 2.27. The Morgan fingerprint density at radius 1 is 1.00 bits per heavy atom. The van der Waals surface area contributed by atoms with Crippen molar-refractivity contribution in [2.24, 2.45) is 11.5 Å². The van der Waals surface area contributed by atoms with Crippen LogP contribution in [-0.4, -0.2) is 53.3 Å². The highest BCUT2D eigenvalue weighted by molar-refractivity contribution is 5.95. The summed E-state index contributed by atoms with van der Waals surface area (Å²) in [7, 11) is 0. The zero-order chi connectivity index (χ0) is 21.3. The normalized spacial score (nSPS) is 12.3. The SMILES string of the molecule is CC(=O)NCC(=O)N[C@@H](CC(N)=O)C(=O)N[C@@H](Cc1ccc(O)cc1)C(N)=O. The van der Waals surface area contributed by atoms with Crippen LogP contribution in [0.3, 0.4) is 0 Å². The monoisotopic (exact) mass is 393 g/mol. The van der Waals surface area contributed by atoms with Gasteiger partial charge in [0.2, 0.25) is 29.5 Å². The number of phenolic OH excluding ortho intramolecular Hbond substituents is 1. The molecule has 152 valence electrons. The van der Waals surface area contributed by atoms with Crippen LogP contribution >= 0.6 is 0 Å². The molecule has 0 aliphatic rings. The molecule has 11 heteroatoms. The largest absolute Gasteiger partial charge is 0.508 e. The molecule has 0 radical (unpaired) electrons. The van der Waals surface area contributed by atoms with Gasteiger partial charge in [-0.1, -0.05) is 12.1 Å². The molecule has 1 aromatic carbocycles. The van der Waals surface area contributed by atoms with Crippen LogP contribution in [0.25, 0.3) is 0 Å². The van der Waals surface area contributed by atoms with Crippen LogP contribution in [0.15, 0.2) is 24.3 Å². The Morgan fingerprint density at radius 2 is 1.61 bits per heavy atom. The van der Waals surface area contributed by atoms with Crippen LogP contribution in [0.2, 0.25) is 0 Å². The molecule has 1 aromatic rings. The van der Waals surface area contributed by atoms with Gasteiger partial charge < -0.3 is 32.5 Å². The highest BCUT2D eigenvalue weighted by Crippen LogP contribution is 2.11. The van der Waals surface area contributed by atoms with Crippen LogP contribution in [0, 0.1) is 0 Å². The van der Waals surface area contributed by atoms with Gasteiger partial charge in [0, 0.05) is 13.3 Å². The molecule has 8 N–H and O–H groups in total. The number of phenols is 1. The van der Waals surface area contributed by atoms with Gasteiger partial charge >= 0.3 is 0 Å². The minimum Gasteiger partial charge on any atom is -0.508 e. The van der Waals surface area contributed by atoms with Crippen LogP contribution in [0.4, 0.5) is 0 Å². The quantitative estimate of drug-likeness (QED) is 0.252. The van der Waals surface area contributed by atoms with Crippen LogP contribution in [-0.2, 0) is 30.4 Å². The lowest BCUT2D eigenvalue weighted by atomic mass is 10.0. The Labute approximate surface area is 160 Å². The van der Waals surface area contributed by atoms with Crippen LogP contribution in [0.5, 0.6) is 5.75 Å². The third-order valence-electron chi connectivity index (χ3n) is 3.59. The number of benzene rings is 1. The van der Waals surface area contributed by atoms with E-state index in [1.54, 1.807) is 12.1 Å². The predicted molar refractivity (Wildman–Crippen MR) is 97.4 cm³/mol. The summed E-state index contributed by atoms with van der Waals surface area (Å²) >= 11 is 0. The third kappa shape index (κ3) is 8.17. The summed E-state index contributed by atoms with van der Waals surface area (Å²) in [6.07, 6.45) is -0.479. The topological polar surface area (TPSA) is 194 Å². The van der Waals surface area contributed by atoms with E-state index in [9.17, 15) is 29.1 Å². The van der Waals surface area contributed by atoms with Gasteiger partial charge in [0.1, 0.15) is 17.8 Å². The first-order chi connectivity index (χ1) is 13.1. The van der Waals surface area contributed by atoms with E-state index in [2.05, 4.69) is 16.0 Å². The van der Waals surface area contributed by atoms with E-state index in [0.29, 0.717) is 5.56 Å². The number of amides is 5. The van der Waals surface area contributed by atoms with E-state index in [4.69, 9.17) is 11.5 Å². The standard InChI is InChI=1S/C17H23N5O6/c1-9(23)20-8-15(26)21-13(7-14(18)25)17(28)22-12(16(19)27)6-10-2-4-11(24)5-3-10/h2-5,12-13,24H,6-8H2,1H3,(H2,18,25)(H2,19,27)(H,20,23)(H,21,26)(H,22,28)/t12-,13-/m0/s1. The fourth-order valence-electron chi connectivity index (χ4n) is 2.22. The summed E-state index contributed by atoms with van der Waals surface area (Å²) in [5.41, 5.74) is 11.0. The summed E-state index contributed by atoms with van der Waals surface area (Å²) in [4.78, 5) is 58.0. The van der Waals surface area contributed by atoms with Gasteiger partial charge in [-0.2, -0.15) is 0 Å². The molecule has 28 heavy (non-hydrogen) atoms. The number of nitrogens with one attached hydrogen (secondary N) is 3. The van der Waals surface area contributed by atoms with Gasteiger partial charge in [-0.25, -0.2) is 0 Å². The zero-order valence-electron chi connectivity index (χ0n) is 15.2. The first-order valence-corrected chi connectivity index (χ1v) is 8.28. The van der Waals surface area contributed by atoms with E-state index in [1.165, 1.54) is 19.1 Å². The maximum absolute atomic E-state index is 12.4. The van der Waals surface area contributed by atoms with Crippen molar-refractivity contribution in [1.29, 1.82) is 0 Å². The van der Waals surface area contributed by atoms with Crippen molar-refractivity contribution in [2.75, 3.05) is 6.54 Å². The molecular weight excluding hydrogens is 370 g/mol. The van der Waals surface area contributed by atoms with Gasteiger partial charge in [-0.05, 0) is 17.7 Å². The van der Waals surface area contributed by atoms with E-state index in [-0.39, 0.29) is 12.2 Å². The van der Waals surface area contributed by atoms with Gasteiger partial charge in [0.05, 0.1) is 13.0 Å². The lowest BCUT2D eigenvalue weighted by Gasteiger charge is -2.21. The van der Waals surface area contributed by atoms with Gasteiger partial charge in [0.25, 0.3) is 0 Å². The molecule has 0 heterocycles. The number of carbonyl (C=O) groups excluding carboxylic acids is 5. The average molecular weight is 393 g/mol. The first-order valence-electron chi connectivity index (χ1n) is 8.28. The second kappa shape index (κ2) is 10.5. The van der Waals surface area contributed by atoms with E-state index < -0.39 is 54.6 Å². The molecule has 0 aliphatic heterocycles. The number of primary amides is 2. The maximum atomic E-state index is 12.4. The van der Waals surface area contributed by atoms with Gasteiger partial charge in [-0.15, -0.1) is 0 Å². The molecule has 0 fully saturated rings. The first kappa shape index (κ1) is 22.4. The molecule has 5 amide bonds. The predicted octanol–water partition coefficient (Wildman–Crippen LogP) is -2.60. The number of hydrogen-bond donors (Lipinski definition) is 6. The fraction of sp³-hybridized carbons (Fsp3) is 0.353. The number of carbonyl (C=O) groups is 5. The molecule has 2 atom stereocenters. The van der Waals surface area contributed by atoms with Crippen molar-refractivity contribution >= 4 is 29.5 Å². The van der Waals surface area contributed by atoms with Gasteiger partial charge in [-0.3, -0.25) is 24.0 Å². The fourth-order valence-corrected chi connectivity index (χ4v) is 2.22. The summed E-state index contributed by atoms with van der Waals surface area (Å²) in [5.74, 6) is -3.65. The van der Waals surface area contributed by atoms with E-state index >= 15 is 0 Å². The Morgan fingerprint density at radius 3 is 2.11 bits per heavy atom. The van der Waals surface area contributed by atoms with Crippen molar-refractivity contribution < 1.29 is 29.1 Å².